The number of rotatable bonds is 5. The van der Waals surface area contributed by atoms with E-state index in [-0.39, 0.29) is 4.90 Å². The summed E-state index contributed by atoms with van der Waals surface area (Å²) >= 11 is 4.71. The number of thiazole rings is 1. The van der Waals surface area contributed by atoms with Crippen molar-refractivity contribution in [3.63, 3.8) is 0 Å². The molecule has 1 aromatic heterocycles. The third-order valence-electron chi connectivity index (χ3n) is 3.49. The third-order valence-corrected chi connectivity index (χ3v) is 6.28. The van der Waals surface area contributed by atoms with E-state index in [4.69, 9.17) is 0 Å². The van der Waals surface area contributed by atoms with Gasteiger partial charge in [-0.3, -0.25) is 0 Å². The van der Waals surface area contributed by atoms with E-state index >= 15 is 0 Å². The highest BCUT2D eigenvalue weighted by molar-refractivity contribution is 9.10. The Morgan fingerprint density at radius 3 is 2.44 bits per heavy atom. The van der Waals surface area contributed by atoms with Crippen molar-refractivity contribution in [2.24, 2.45) is 4.40 Å². The van der Waals surface area contributed by atoms with Crippen molar-refractivity contribution in [3.05, 3.63) is 81.9 Å². The zero-order valence-corrected chi connectivity index (χ0v) is 16.4. The van der Waals surface area contributed by atoms with Gasteiger partial charge in [0.2, 0.25) is 4.80 Å². The lowest BCUT2D eigenvalue weighted by Crippen LogP contribution is -2.17. The topological polar surface area (TPSA) is 51.4 Å². The van der Waals surface area contributed by atoms with Gasteiger partial charge in [-0.25, -0.2) is 0 Å². The molecule has 0 radical (unpaired) electrons. The Bertz CT molecular complexity index is 1050. The largest absolute Gasteiger partial charge is 0.312 e. The van der Waals surface area contributed by atoms with Crippen LogP contribution in [0.15, 0.2) is 86.4 Å². The molecule has 0 spiro atoms. The van der Waals surface area contributed by atoms with Gasteiger partial charge in [0, 0.05) is 16.4 Å². The SMILES string of the molecule is C=CCn1c(-c2ccc(Br)cc2)cs/c1=N\S(=O)(=O)c1ccccc1. The van der Waals surface area contributed by atoms with Crippen molar-refractivity contribution in [1.29, 1.82) is 0 Å². The van der Waals surface area contributed by atoms with Crippen molar-refractivity contribution in [2.75, 3.05) is 0 Å². The van der Waals surface area contributed by atoms with E-state index in [9.17, 15) is 8.42 Å². The van der Waals surface area contributed by atoms with E-state index in [1.807, 2.05) is 34.2 Å². The molecule has 128 valence electrons. The van der Waals surface area contributed by atoms with E-state index in [1.54, 1.807) is 36.4 Å². The third kappa shape index (κ3) is 4.00. The molecule has 7 heteroatoms. The van der Waals surface area contributed by atoms with E-state index in [1.165, 1.54) is 11.3 Å². The number of benzene rings is 2. The molecule has 0 aliphatic carbocycles. The molecular weight excluding hydrogens is 420 g/mol. The minimum absolute atomic E-state index is 0.179. The van der Waals surface area contributed by atoms with Gasteiger partial charge in [-0.2, -0.15) is 8.42 Å². The van der Waals surface area contributed by atoms with E-state index in [0.717, 1.165) is 15.7 Å². The molecule has 0 N–H and O–H groups in total. The summed E-state index contributed by atoms with van der Waals surface area (Å²) in [4.78, 5) is 0.598. The average molecular weight is 435 g/mol. The zero-order chi connectivity index (χ0) is 17.9. The van der Waals surface area contributed by atoms with Crippen LogP contribution in [-0.2, 0) is 16.6 Å². The van der Waals surface area contributed by atoms with Crippen LogP contribution in [0.3, 0.4) is 0 Å². The average Bonchev–Trinajstić information content (AvgIpc) is 2.99. The zero-order valence-electron chi connectivity index (χ0n) is 13.2. The maximum absolute atomic E-state index is 12.5. The maximum atomic E-state index is 12.5. The summed E-state index contributed by atoms with van der Waals surface area (Å²) < 4.78 is 32.0. The molecule has 1 heterocycles. The molecule has 0 bridgehead atoms. The van der Waals surface area contributed by atoms with E-state index in [0.29, 0.717) is 11.3 Å². The summed E-state index contributed by atoms with van der Waals surface area (Å²) in [6.07, 6.45) is 1.73. The lowest BCUT2D eigenvalue weighted by Gasteiger charge is -2.06. The summed E-state index contributed by atoms with van der Waals surface area (Å²) in [7, 11) is -3.76. The summed E-state index contributed by atoms with van der Waals surface area (Å²) in [6.45, 7) is 4.24. The van der Waals surface area contributed by atoms with Gasteiger partial charge >= 0.3 is 0 Å². The van der Waals surface area contributed by atoms with Gasteiger partial charge in [-0.1, -0.05) is 52.3 Å². The van der Waals surface area contributed by atoms with Crippen molar-refractivity contribution in [1.82, 2.24) is 4.57 Å². The predicted octanol–water partition coefficient (Wildman–Crippen LogP) is 4.45. The fourth-order valence-corrected chi connectivity index (χ4v) is 4.73. The van der Waals surface area contributed by atoms with Gasteiger partial charge in [0.15, 0.2) is 0 Å². The van der Waals surface area contributed by atoms with Crippen molar-refractivity contribution < 1.29 is 8.42 Å². The van der Waals surface area contributed by atoms with Crippen LogP contribution >= 0.6 is 27.3 Å². The highest BCUT2D eigenvalue weighted by Crippen LogP contribution is 2.23. The molecule has 0 aliphatic rings. The molecule has 0 aliphatic heterocycles. The molecule has 0 amide bonds. The number of aromatic nitrogens is 1. The molecule has 25 heavy (non-hydrogen) atoms. The van der Waals surface area contributed by atoms with Gasteiger partial charge < -0.3 is 4.57 Å². The molecular formula is C18H15BrN2O2S2. The molecule has 4 nitrogen and oxygen atoms in total. The van der Waals surface area contributed by atoms with Crippen molar-refractivity contribution in [3.8, 4) is 11.3 Å². The molecule has 0 fully saturated rings. The summed E-state index contributed by atoms with van der Waals surface area (Å²) in [5.74, 6) is 0. The molecule has 3 rings (SSSR count). The Kier molecular flexibility index (Phi) is 5.36. The van der Waals surface area contributed by atoms with Crippen LogP contribution < -0.4 is 4.80 Å². The molecule has 0 saturated heterocycles. The Labute approximate surface area is 159 Å². The minimum atomic E-state index is -3.76. The van der Waals surface area contributed by atoms with Gasteiger partial charge in [0.25, 0.3) is 10.0 Å². The summed E-state index contributed by atoms with van der Waals surface area (Å²) in [6, 6.07) is 16.1. The van der Waals surface area contributed by atoms with Gasteiger partial charge in [0.1, 0.15) is 0 Å². The first-order chi connectivity index (χ1) is 12.0. The Morgan fingerprint density at radius 1 is 1.12 bits per heavy atom. The van der Waals surface area contributed by atoms with Crippen LogP contribution in [0.25, 0.3) is 11.3 Å². The molecule has 2 aromatic carbocycles. The molecule has 3 aromatic rings. The Balaban J connectivity index is 2.14. The van der Waals surface area contributed by atoms with Crippen LogP contribution in [0.4, 0.5) is 0 Å². The number of hydrogen-bond donors (Lipinski definition) is 0. The quantitative estimate of drug-likeness (QED) is 0.556. The maximum Gasteiger partial charge on any atom is 0.285 e. The second kappa shape index (κ2) is 7.51. The Hall–Kier alpha value is -1.96. The summed E-state index contributed by atoms with van der Waals surface area (Å²) in [5, 5.41) is 1.91. The van der Waals surface area contributed by atoms with E-state index < -0.39 is 10.0 Å². The molecule has 0 unspecified atom stereocenters. The second-order valence-electron chi connectivity index (χ2n) is 5.19. The van der Waals surface area contributed by atoms with Crippen LogP contribution in [0, 0.1) is 0 Å². The van der Waals surface area contributed by atoms with E-state index in [2.05, 4.69) is 26.9 Å². The standard InChI is InChI=1S/C18H15BrN2O2S2/c1-2-12-21-17(14-8-10-15(19)11-9-14)13-24-18(21)20-25(22,23)16-6-4-3-5-7-16/h2-11,13H,1,12H2/b20-18-. The number of nitrogens with zero attached hydrogens (tertiary/aromatic N) is 2. The number of allylic oxidation sites excluding steroid dienone is 1. The normalized spacial score (nSPS) is 12.3. The predicted molar refractivity (Wildman–Crippen MR) is 105 cm³/mol. The summed E-state index contributed by atoms with van der Waals surface area (Å²) in [5.41, 5.74) is 1.89. The molecule has 0 saturated carbocycles. The lowest BCUT2D eigenvalue weighted by atomic mass is 10.2. The van der Waals surface area contributed by atoms with Crippen LogP contribution in [0.1, 0.15) is 0 Å². The van der Waals surface area contributed by atoms with Crippen molar-refractivity contribution >= 4 is 37.3 Å². The first kappa shape index (κ1) is 17.8. The lowest BCUT2D eigenvalue weighted by molar-refractivity contribution is 0.595. The number of halogens is 1. The monoisotopic (exact) mass is 434 g/mol. The molecule has 0 atom stereocenters. The number of hydrogen-bond acceptors (Lipinski definition) is 3. The van der Waals surface area contributed by atoms with Crippen LogP contribution in [0.5, 0.6) is 0 Å². The highest BCUT2D eigenvalue weighted by atomic mass is 79.9. The van der Waals surface area contributed by atoms with Gasteiger partial charge in [-0.15, -0.1) is 22.3 Å². The smallest absolute Gasteiger partial charge is 0.285 e. The number of sulfonamides is 1. The fraction of sp³-hybridized carbons (Fsp3) is 0.0556. The van der Waals surface area contributed by atoms with Gasteiger partial charge in [0.05, 0.1) is 10.6 Å². The first-order valence-corrected chi connectivity index (χ1v) is 10.5. The van der Waals surface area contributed by atoms with Crippen LogP contribution in [-0.4, -0.2) is 13.0 Å². The van der Waals surface area contributed by atoms with Crippen LogP contribution in [0.2, 0.25) is 0 Å². The van der Waals surface area contributed by atoms with Gasteiger partial charge in [-0.05, 0) is 29.8 Å². The second-order valence-corrected chi connectivity index (χ2v) is 8.55. The Morgan fingerprint density at radius 2 is 1.80 bits per heavy atom. The highest BCUT2D eigenvalue weighted by Gasteiger charge is 2.14. The fourth-order valence-electron chi connectivity index (χ4n) is 2.31. The van der Waals surface area contributed by atoms with Crippen molar-refractivity contribution in [2.45, 2.75) is 11.4 Å². The first-order valence-electron chi connectivity index (χ1n) is 7.42. The minimum Gasteiger partial charge on any atom is -0.312 e.